The van der Waals surface area contributed by atoms with Crippen molar-refractivity contribution in [1.82, 2.24) is 5.32 Å². The molecule has 0 aromatic heterocycles. The lowest BCUT2D eigenvalue weighted by Gasteiger charge is -2.25. The average molecular weight is 330 g/mol. The van der Waals surface area contributed by atoms with Crippen LogP contribution in [-0.4, -0.2) is 31.7 Å². The molecule has 1 aromatic rings. The number of rotatable bonds is 5. The van der Waals surface area contributed by atoms with Gasteiger partial charge in [0.25, 0.3) is 0 Å². The van der Waals surface area contributed by atoms with Crippen molar-refractivity contribution in [3.05, 3.63) is 35.4 Å². The first-order chi connectivity index (χ1) is 10.8. The lowest BCUT2D eigenvalue weighted by atomic mass is 9.89. The standard InChI is InChI=1S/C16H21F3N2O2/c1-23-9-13(20)15(22)21-14-8-4-6-11(14)10-5-2-3-7-12(10)16(17,18)19/h2-3,5,7,11,13-14H,4,6,8-9,20H2,1H3,(H,21,22). The van der Waals surface area contributed by atoms with E-state index in [-0.39, 0.29) is 24.1 Å². The van der Waals surface area contributed by atoms with E-state index in [0.29, 0.717) is 12.8 Å². The number of benzene rings is 1. The number of carbonyl (C=O) groups is 1. The van der Waals surface area contributed by atoms with E-state index in [4.69, 9.17) is 10.5 Å². The Hall–Kier alpha value is -1.60. The van der Waals surface area contributed by atoms with Gasteiger partial charge in [-0.2, -0.15) is 13.2 Å². The van der Waals surface area contributed by atoms with E-state index in [9.17, 15) is 18.0 Å². The highest BCUT2D eigenvalue weighted by Gasteiger charge is 2.39. The van der Waals surface area contributed by atoms with Gasteiger partial charge in [0.2, 0.25) is 5.91 Å². The van der Waals surface area contributed by atoms with Crippen molar-refractivity contribution in [3.63, 3.8) is 0 Å². The van der Waals surface area contributed by atoms with Gasteiger partial charge in [-0.25, -0.2) is 0 Å². The highest BCUT2D eigenvalue weighted by atomic mass is 19.4. The van der Waals surface area contributed by atoms with E-state index >= 15 is 0 Å². The molecule has 128 valence electrons. The van der Waals surface area contributed by atoms with Gasteiger partial charge in [0.05, 0.1) is 12.2 Å². The molecule has 4 nitrogen and oxygen atoms in total. The molecule has 0 saturated heterocycles. The first-order valence-electron chi connectivity index (χ1n) is 7.55. The fourth-order valence-corrected chi connectivity index (χ4v) is 3.13. The molecular formula is C16H21F3N2O2. The predicted molar refractivity (Wildman–Crippen MR) is 79.8 cm³/mol. The topological polar surface area (TPSA) is 64.3 Å². The Morgan fingerprint density at radius 3 is 2.74 bits per heavy atom. The third-order valence-electron chi connectivity index (χ3n) is 4.19. The van der Waals surface area contributed by atoms with E-state index in [2.05, 4.69) is 5.32 Å². The van der Waals surface area contributed by atoms with Gasteiger partial charge in [-0.15, -0.1) is 0 Å². The number of nitrogens with one attached hydrogen (secondary N) is 1. The zero-order valence-corrected chi connectivity index (χ0v) is 12.9. The number of nitrogens with two attached hydrogens (primary N) is 1. The summed E-state index contributed by atoms with van der Waals surface area (Å²) in [4.78, 5) is 12.0. The molecule has 3 atom stereocenters. The van der Waals surface area contributed by atoms with Gasteiger partial charge in [0.1, 0.15) is 6.04 Å². The number of halogens is 3. The van der Waals surface area contributed by atoms with Crippen LogP contribution >= 0.6 is 0 Å². The van der Waals surface area contributed by atoms with Crippen LogP contribution in [0.25, 0.3) is 0 Å². The van der Waals surface area contributed by atoms with Gasteiger partial charge in [-0.3, -0.25) is 4.79 Å². The molecule has 0 radical (unpaired) electrons. The lowest BCUT2D eigenvalue weighted by molar-refractivity contribution is -0.138. The number of alkyl halides is 3. The maximum atomic E-state index is 13.2. The van der Waals surface area contributed by atoms with Crippen molar-refractivity contribution in [2.45, 2.75) is 43.4 Å². The molecule has 1 aromatic carbocycles. The summed E-state index contributed by atoms with van der Waals surface area (Å²) in [6.45, 7) is 0.0718. The van der Waals surface area contributed by atoms with Crippen LogP contribution in [0.3, 0.4) is 0 Å². The highest BCUT2D eigenvalue weighted by molar-refractivity contribution is 5.82. The van der Waals surface area contributed by atoms with Crippen LogP contribution in [0.2, 0.25) is 0 Å². The van der Waals surface area contributed by atoms with Crippen LogP contribution in [0, 0.1) is 0 Å². The monoisotopic (exact) mass is 330 g/mol. The molecule has 0 spiro atoms. The summed E-state index contributed by atoms with van der Waals surface area (Å²) in [6.07, 6.45) is -2.39. The second-order valence-corrected chi connectivity index (χ2v) is 5.80. The molecule has 1 amide bonds. The molecule has 1 aliphatic rings. The first kappa shape index (κ1) is 17.7. The van der Waals surface area contributed by atoms with E-state index in [1.54, 1.807) is 6.07 Å². The van der Waals surface area contributed by atoms with Crippen LogP contribution in [0.1, 0.15) is 36.3 Å². The average Bonchev–Trinajstić information content (AvgIpc) is 2.94. The van der Waals surface area contributed by atoms with E-state index < -0.39 is 23.7 Å². The van der Waals surface area contributed by atoms with Crippen LogP contribution in [-0.2, 0) is 15.7 Å². The zero-order chi connectivity index (χ0) is 17.0. The van der Waals surface area contributed by atoms with Crippen molar-refractivity contribution in [2.75, 3.05) is 13.7 Å². The Labute approximate surface area is 133 Å². The van der Waals surface area contributed by atoms with Crippen LogP contribution in [0.5, 0.6) is 0 Å². The molecule has 1 aliphatic carbocycles. The lowest BCUT2D eigenvalue weighted by Crippen LogP contribution is -2.48. The minimum absolute atomic E-state index is 0.0718. The summed E-state index contributed by atoms with van der Waals surface area (Å²) in [5, 5.41) is 2.78. The van der Waals surface area contributed by atoms with Crippen molar-refractivity contribution in [3.8, 4) is 0 Å². The fraction of sp³-hybridized carbons (Fsp3) is 0.562. The number of carbonyl (C=O) groups excluding carboxylic acids is 1. The Bertz CT molecular complexity index is 548. The third-order valence-corrected chi connectivity index (χ3v) is 4.19. The summed E-state index contributed by atoms with van der Waals surface area (Å²) < 4.78 is 44.4. The summed E-state index contributed by atoms with van der Waals surface area (Å²) in [7, 11) is 1.44. The van der Waals surface area contributed by atoms with Gasteiger partial charge in [-0.05, 0) is 24.5 Å². The number of amides is 1. The number of hydrogen-bond donors (Lipinski definition) is 2. The molecule has 3 unspecified atom stereocenters. The van der Waals surface area contributed by atoms with E-state index in [0.717, 1.165) is 12.5 Å². The fourth-order valence-electron chi connectivity index (χ4n) is 3.13. The second kappa shape index (κ2) is 7.31. The summed E-state index contributed by atoms with van der Waals surface area (Å²) in [5.74, 6) is -0.750. The molecule has 23 heavy (non-hydrogen) atoms. The molecule has 2 rings (SSSR count). The molecule has 0 heterocycles. The first-order valence-corrected chi connectivity index (χ1v) is 7.55. The van der Waals surface area contributed by atoms with Crippen LogP contribution in [0.4, 0.5) is 13.2 Å². The summed E-state index contributed by atoms with van der Waals surface area (Å²) >= 11 is 0. The predicted octanol–water partition coefficient (Wildman–Crippen LogP) is 2.43. The molecule has 7 heteroatoms. The quantitative estimate of drug-likeness (QED) is 0.871. The highest BCUT2D eigenvalue weighted by Crippen LogP contribution is 2.41. The minimum Gasteiger partial charge on any atom is -0.383 e. The molecule has 0 aliphatic heterocycles. The van der Waals surface area contributed by atoms with Gasteiger partial charge in [-0.1, -0.05) is 24.6 Å². The zero-order valence-electron chi connectivity index (χ0n) is 12.9. The molecule has 1 fully saturated rings. The minimum atomic E-state index is -4.40. The Morgan fingerprint density at radius 2 is 2.09 bits per heavy atom. The van der Waals surface area contributed by atoms with Gasteiger partial charge >= 0.3 is 6.18 Å². The maximum absolute atomic E-state index is 13.2. The number of methoxy groups -OCH3 is 1. The van der Waals surface area contributed by atoms with Crippen molar-refractivity contribution >= 4 is 5.91 Å². The maximum Gasteiger partial charge on any atom is 0.416 e. The molecular weight excluding hydrogens is 309 g/mol. The smallest absolute Gasteiger partial charge is 0.383 e. The summed E-state index contributed by atoms with van der Waals surface area (Å²) in [6, 6.07) is 4.39. The van der Waals surface area contributed by atoms with Crippen LogP contribution < -0.4 is 11.1 Å². The molecule has 3 N–H and O–H groups in total. The largest absolute Gasteiger partial charge is 0.416 e. The Kier molecular flexibility index (Phi) is 5.64. The van der Waals surface area contributed by atoms with Crippen molar-refractivity contribution in [1.29, 1.82) is 0 Å². The SMILES string of the molecule is COCC(N)C(=O)NC1CCCC1c1ccccc1C(F)(F)F. The second-order valence-electron chi connectivity index (χ2n) is 5.80. The third kappa shape index (κ3) is 4.23. The normalized spacial score (nSPS) is 22.8. The summed E-state index contributed by atoms with van der Waals surface area (Å²) in [5.41, 5.74) is 5.28. The van der Waals surface area contributed by atoms with Gasteiger partial charge in [0.15, 0.2) is 0 Å². The van der Waals surface area contributed by atoms with Gasteiger partial charge < -0.3 is 15.8 Å². The molecule has 0 bridgehead atoms. The molecule has 1 saturated carbocycles. The van der Waals surface area contributed by atoms with E-state index in [1.807, 2.05) is 0 Å². The Morgan fingerprint density at radius 1 is 1.39 bits per heavy atom. The number of ether oxygens (including phenoxy) is 1. The van der Waals surface area contributed by atoms with E-state index in [1.165, 1.54) is 19.2 Å². The van der Waals surface area contributed by atoms with Gasteiger partial charge in [0, 0.05) is 19.1 Å². The van der Waals surface area contributed by atoms with Crippen LogP contribution in [0.15, 0.2) is 24.3 Å². The Balaban J connectivity index is 2.18. The van der Waals surface area contributed by atoms with Crippen molar-refractivity contribution in [2.24, 2.45) is 5.73 Å². The number of hydrogen-bond acceptors (Lipinski definition) is 3. The van der Waals surface area contributed by atoms with Crippen molar-refractivity contribution < 1.29 is 22.7 Å².